The number of guanidine groups is 1. The molecule has 1 fully saturated rings. The van der Waals surface area contributed by atoms with E-state index in [2.05, 4.69) is 44.8 Å². The lowest BCUT2D eigenvalue weighted by molar-refractivity contribution is -0.131. The largest absolute Gasteiger partial charge is 0.494 e. The Morgan fingerprint density at radius 2 is 1.58 bits per heavy atom. The number of piperazine rings is 1. The van der Waals surface area contributed by atoms with Crippen LogP contribution in [0, 0.1) is 0 Å². The lowest BCUT2D eigenvalue weighted by Gasteiger charge is -2.36. The summed E-state index contributed by atoms with van der Waals surface area (Å²) in [6.07, 6.45) is 1.32. The highest BCUT2D eigenvalue weighted by Gasteiger charge is 2.20. The summed E-state index contributed by atoms with van der Waals surface area (Å²) in [6.45, 7) is 5.24. The molecule has 0 atom stereocenters. The molecule has 166 valence electrons. The molecule has 1 aliphatic heterocycles. The van der Waals surface area contributed by atoms with Crippen molar-refractivity contribution in [3.8, 4) is 5.75 Å². The summed E-state index contributed by atoms with van der Waals surface area (Å²) < 4.78 is 5.68. The number of anilines is 1. The van der Waals surface area contributed by atoms with E-state index >= 15 is 0 Å². The Kier molecular flexibility index (Phi) is 9.04. The van der Waals surface area contributed by atoms with Crippen LogP contribution >= 0.6 is 0 Å². The van der Waals surface area contributed by atoms with Crippen LogP contribution in [0.15, 0.2) is 65.7 Å². The van der Waals surface area contributed by atoms with Gasteiger partial charge in [-0.2, -0.15) is 0 Å². The number of carbonyl (C=O) groups excluding carboxylic acids is 1. The number of ether oxygens (including phenoxy) is 1. The molecule has 3 rings (SSSR count). The number of para-hydroxylation sites is 2. The molecule has 2 aromatic rings. The summed E-state index contributed by atoms with van der Waals surface area (Å²) in [5.41, 5.74) is 1.22. The van der Waals surface area contributed by atoms with Gasteiger partial charge in [0.15, 0.2) is 5.96 Å². The van der Waals surface area contributed by atoms with Crippen molar-refractivity contribution < 1.29 is 9.53 Å². The standard InChI is InChI=1S/C24H33N5O2/c1-25-24(26-14-8-20-31-22-11-6-3-7-12-22)27-15-13-23(30)29-18-16-28(17-19-29)21-9-4-2-5-10-21/h2-7,9-12H,8,13-20H2,1H3,(H2,25,26,27). The number of benzene rings is 2. The monoisotopic (exact) mass is 423 g/mol. The van der Waals surface area contributed by atoms with Gasteiger partial charge in [0.1, 0.15) is 5.75 Å². The van der Waals surface area contributed by atoms with E-state index in [1.165, 1.54) is 5.69 Å². The highest BCUT2D eigenvalue weighted by atomic mass is 16.5. The van der Waals surface area contributed by atoms with E-state index in [-0.39, 0.29) is 5.91 Å². The van der Waals surface area contributed by atoms with Crippen LogP contribution in [0.1, 0.15) is 12.8 Å². The quantitative estimate of drug-likeness (QED) is 0.368. The van der Waals surface area contributed by atoms with Gasteiger partial charge in [0.05, 0.1) is 6.61 Å². The Balaban J connectivity index is 1.27. The van der Waals surface area contributed by atoms with Crippen LogP contribution in [-0.2, 0) is 4.79 Å². The number of aliphatic imine (C=N–C) groups is 1. The Labute approximate surface area is 185 Å². The van der Waals surface area contributed by atoms with Crippen LogP contribution in [0.2, 0.25) is 0 Å². The fourth-order valence-corrected chi connectivity index (χ4v) is 3.51. The van der Waals surface area contributed by atoms with E-state index in [1.807, 2.05) is 41.3 Å². The second-order valence-corrected chi connectivity index (χ2v) is 7.39. The van der Waals surface area contributed by atoms with Crippen molar-refractivity contribution in [3.05, 3.63) is 60.7 Å². The summed E-state index contributed by atoms with van der Waals surface area (Å²) in [6, 6.07) is 20.2. The van der Waals surface area contributed by atoms with Crippen LogP contribution in [0.3, 0.4) is 0 Å². The van der Waals surface area contributed by atoms with Gasteiger partial charge in [-0.15, -0.1) is 0 Å². The van der Waals surface area contributed by atoms with E-state index in [4.69, 9.17) is 4.74 Å². The minimum absolute atomic E-state index is 0.187. The van der Waals surface area contributed by atoms with Gasteiger partial charge in [0.2, 0.25) is 5.91 Å². The number of nitrogens with one attached hydrogen (secondary N) is 2. The summed E-state index contributed by atoms with van der Waals surface area (Å²) in [5, 5.41) is 6.48. The van der Waals surface area contributed by atoms with Gasteiger partial charge < -0.3 is 25.2 Å². The molecule has 0 saturated carbocycles. The molecule has 7 heteroatoms. The Bertz CT molecular complexity index is 805. The number of carbonyl (C=O) groups is 1. The Hall–Kier alpha value is -3.22. The minimum atomic E-state index is 0.187. The van der Waals surface area contributed by atoms with Crippen LogP contribution < -0.4 is 20.3 Å². The Morgan fingerprint density at radius 1 is 0.935 bits per heavy atom. The van der Waals surface area contributed by atoms with Crippen molar-refractivity contribution in [2.45, 2.75) is 12.8 Å². The average molecular weight is 424 g/mol. The van der Waals surface area contributed by atoms with Crippen molar-refractivity contribution in [1.29, 1.82) is 0 Å². The first-order valence-corrected chi connectivity index (χ1v) is 11.0. The summed E-state index contributed by atoms with van der Waals surface area (Å²) in [7, 11) is 1.74. The van der Waals surface area contributed by atoms with Crippen molar-refractivity contribution in [2.24, 2.45) is 4.99 Å². The first-order valence-electron chi connectivity index (χ1n) is 11.0. The molecule has 1 aliphatic rings. The number of nitrogens with zero attached hydrogens (tertiary/aromatic N) is 3. The molecule has 0 bridgehead atoms. The third-order valence-corrected chi connectivity index (χ3v) is 5.23. The lowest BCUT2D eigenvalue weighted by Crippen LogP contribution is -2.49. The number of hydrogen-bond acceptors (Lipinski definition) is 4. The van der Waals surface area contributed by atoms with Gasteiger partial charge in [-0.05, 0) is 30.7 Å². The third kappa shape index (κ3) is 7.51. The molecule has 1 heterocycles. The Morgan fingerprint density at radius 3 is 2.26 bits per heavy atom. The zero-order valence-electron chi connectivity index (χ0n) is 18.3. The normalized spacial score (nSPS) is 14.3. The number of amides is 1. The van der Waals surface area contributed by atoms with E-state index in [0.29, 0.717) is 25.5 Å². The predicted octanol–water partition coefficient (Wildman–Crippen LogP) is 2.36. The van der Waals surface area contributed by atoms with Gasteiger partial charge in [-0.3, -0.25) is 9.79 Å². The molecule has 2 N–H and O–H groups in total. The maximum Gasteiger partial charge on any atom is 0.224 e. The summed E-state index contributed by atoms with van der Waals surface area (Å²) in [5.74, 6) is 1.78. The highest BCUT2D eigenvalue weighted by molar-refractivity contribution is 5.81. The topological polar surface area (TPSA) is 69.2 Å². The predicted molar refractivity (Wildman–Crippen MR) is 126 cm³/mol. The number of rotatable bonds is 9. The summed E-state index contributed by atoms with van der Waals surface area (Å²) in [4.78, 5) is 21.0. The van der Waals surface area contributed by atoms with E-state index in [1.54, 1.807) is 7.05 Å². The van der Waals surface area contributed by atoms with Crippen LogP contribution in [0.25, 0.3) is 0 Å². The molecule has 0 radical (unpaired) electrons. The zero-order chi connectivity index (χ0) is 21.7. The molecule has 0 spiro atoms. The molecular formula is C24H33N5O2. The molecule has 0 unspecified atom stereocenters. The molecule has 7 nitrogen and oxygen atoms in total. The van der Waals surface area contributed by atoms with Crippen LogP contribution in [-0.4, -0.2) is 69.7 Å². The second kappa shape index (κ2) is 12.5. The first-order chi connectivity index (χ1) is 15.3. The zero-order valence-corrected chi connectivity index (χ0v) is 18.3. The van der Waals surface area contributed by atoms with Gasteiger partial charge in [-0.25, -0.2) is 0 Å². The van der Waals surface area contributed by atoms with Crippen molar-refractivity contribution in [3.63, 3.8) is 0 Å². The maximum absolute atomic E-state index is 12.5. The average Bonchev–Trinajstić information content (AvgIpc) is 2.84. The first kappa shape index (κ1) is 22.5. The van der Waals surface area contributed by atoms with Gasteiger partial charge >= 0.3 is 0 Å². The fourth-order valence-electron chi connectivity index (χ4n) is 3.51. The molecule has 1 amide bonds. The van der Waals surface area contributed by atoms with E-state index in [9.17, 15) is 4.79 Å². The van der Waals surface area contributed by atoms with Crippen molar-refractivity contribution in [2.75, 3.05) is 57.8 Å². The molecule has 0 aromatic heterocycles. The van der Waals surface area contributed by atoms with Gasteiger partial charge in [0.25, 0.3) is 0 Å². The molecule has 0 aliphatic carbocycles. The second-order valence-electron chi connectivity index (χ2n) is 7.39. The highest BCUT2D eigenvalue weighted by Crippen LogP contribution is 2.15. The fraction of sp³-hybridized carbons (Fsp3) is 0.417. The minimum Gasteiger partial charge on any atom is -0.494 e. The van der Waals surface area contributed by atoms with E-state index in [0.717, 1.165) is 44.9 Å². The molecule has 31 heavy (non-hydrogen) atoms. The molecule has 1 saturated heterocycles. The van der Waals surface area contributed by atoms with Crippen molar-refractivity contribution >= 4 is 17.6 Å². The van der Waals surface area contributed by atoms with Crippen LogP contribution in [0.5, 0.6) is 5.75 Å². The van der Waals surface area contributed by atoms with Gasteiger partial charge in [-0.1, -0.05) is 36.4 Å². The van der Waals surface area contributed by atoms with E-state index < -0.39 is 0 Å². The lowest BCUT2D eigenvalue weighted by atomic mass is 10.2. The third-order valence-electron chi connectivity index (χ3n) is 5.23. The summed E-state index contributed by atoms with van der Waals surface area (Å²) >= 11 is 0. The molecular weight excluding hydrogens is 390 g/mol. The number of hydrogen-bond donors (Lipinski definition) is 2. The van der Waals surface area contributed by atoms with Crippen LogP contribution in [0.4, 0.5) is 5.69 Å². The smallest absolute Gasteiger partial charge is 0.224 e. The molecule has 2 aromatic carbocycles. The SMILES string of the molecule is CN=C(NCCCOc1ccccc1)NCCC(=O)N1CCN(c2ccccc2)CC1. The van der Waals surface area contributed by atoms with Crippen molar-refractivity contribution in [1.82, 2.24) is 15.5 Å². The van der Waals surface area contributed by atoms with Gasteiger partial charge in [0, 0.05) is 58.4 Å². The maximum atomic E-state index is 12.5.